The van der Waals surface area contributed by atoms with Gasteiger partial charge >= 0.3 is 17.9 Å². The maximum absolute atomic E-state index is 14.2. The number of hydrogen-bond donors (Lipinski definition) is 1. The van der Waals surface area contributed by atoms with Gasteiger partial charge in [-0.25, -0.2) is 4.39 Å². The van der Waals surface area contributed by atoms with Crippen LogP contribution in [0.5, 0.6) is 0 Å². The van der Waals surface area contributed by atoms with Crippen LogP contribution in [0.1, 0.15) is 35.1 Å². The molecule has 35 heavy (non-hydrogen) atoms. The van der Waals surface area contributed by atoms with Crippen molar-refractivity contribution < 1.29 is 33.4 Å². The van der Waals surface area contributed by atoms with Gasteiger partial charge in [0.1, 0.15) is 29.8 Å². The number of aliphatic carboxylic acids is 1. The molecule has 6 nitrogen and oxygen atoms in total. The number of rotatable bonds is 11. The topological polar surface area (TPSA) is 89.9 Å². The van der Waals surface area contributed by atoms with E-state index in [1.54, 1.807) is 38.1 Å². The third kappa shape index (κ3) is 8.37. The molecule has 0 bridgehead atoms. The monoisotopic (exact) mass is 524 g/mol. The van der Waals surface area contributed by atoms with Gasteiger partial charge in [0.05, 0.1) is 6.42 Å². The molecule has 0 aromatic heterocycles. The lowest BCUT2D eigenvalue weighted by atomic mass is 9.93. The van der Waals surface area contributed by atoms with Crippen LogP contribution in [0.3, 0.4) is 0 Å². The van der Waals surface area contributed by atoms with Crippen LogP contribution in [0.2, 0.25) is 0 Å². The van der Waals surface area contributed by atoms with Gasteiger partial charge in [-0.3, -0.25) is 14.4 Å². The van der Waals surface area contributed by atoms with Gasteiger partial charge in [-0.15, -0.1) is 23.2 Å². The van der Waals surface area contributed by atoms with Crippen LogP contribution < -0.4 is 0 Å². The average Bonchev–Trinajstić information content (AvgIpc) is 2.80. The lowest BCUT2D eigenvalue weighted by Crippen LogP contribution is -2.29. The standard InChI is InChI=1S/C26H27Cl2FO6/c1-15-5-4-6-22(18-9-16(2)26(29)17(3)10-18)21(15)8-7-19(34-24(32)13-27)11-20(12-23(30)31)35-25(33)14-28/h4-10,19-20H,11-14H2,1-3H3,(H,30,31)/b8-7+/t19-,20-/m1/s1. The van der Waals surface area contributed by atoms with Gasteiger partial charge in [0.15, 0.2) is 0 Å². The van der Waals surface area contributed by atoms with Crippen molar-refractivity contribution in [3.05, 3.63) is 64.5 Å². The molecule has 0 fully saturated rings. The minimum Gasteiger partial charge on any atom is -0.481 e. The molecule has 0 saturated heterocycles. The van der Waals surface area contributed by atoms with Crippen LogP contribution in [0.25, 0.3) is 17.2 Å². The molecule has 0 aliphatic rings. The molecule has 2 rings (SSSR count). The van der Waals surface area contributed by atoms with Gasteiger partial charge in [0.25, 0.3) is 0 Å². The lowest BCUT2D eigenvalue weighted by molar-refractivity contribution is -0.153. The minimum absolute atomic E-state index is 0.107. The highest BCUT2D eigenvalue weighted by atomic mass is 35.5. The van der Waals surface area contributed by atoms with Crippen molar-refractivity contribution in [3.63, 3.8) is 0 Å². The number of carbonyl (C=O) groups is 3. The Kier molecular flexibility index (Phi) is 10.7. The van der Waals surface area contributed by atoms with E-state index in [4.69, 9.17) is 32.7 Å². The van der Waals surface area contributed by atoms with Gasteiger partial charge in [0, 0.05) is 6.42 Å². The Hall–Kier alpha value is -2.90. The van der Waals surface area contributed by atoms with Crippen LogP contribution in [0.4, 0.5) is 4.39 Å². The van der Waals surface area contributed by atoms with Crippen LogP contribution in [0, 0.1) is 26.6 Å². The second-order valence-electron chi connectivity index (χ2n) is 8.06. The first kappa shape index (κ1) is 28.3. The summed E-state index contributed by atoms with van der Waals surface area (Å²) in [4.78, 5) is 34.8. The minimum atomic E-state index is -1.19. The predicted octanol–water partition coefficient (Wildman–Crippen LogP) is 5.60. The zero-order valence-corrected chi connectivity index (χ0v) is 21.2. The van der Waals surface area contributed by atoms with Gasteiger partial charge < -0.3 is 14.6 Å². The van der Waals surface area contributed by atoms with E-state index in [0.717, 1.165) is 22.3 Å². The molecule has 9 heteroatoms. The Morgan fingerprint density at radius 3 is 2.17 bits per heavy atom. The molecule has 2 aromatic rings. The first-order valence-corrected chi connectivity index (χ1v) is 11.9. The lowest BCUT2D eigenvalue weighted by Gasteiger charge is -2.21. The number of hydrogen-bond acceptors (Lipinski definition) is 5. The number of halogens is 3. The summed E-state index contributed by atoms with van der Waals surface area (Å²) in [5.74, 6) is -3.80. The Labute approximate surface area is 213 Å². The Bertz CT molecular complexity index is 1090. The molecule has 188 valence electrons. The second kappa shape index (κ2) is 13.3. The fourth-order valence-corrected chi connectivity index (χ4v) is 3.80. The fourth-order valence-electron chi connectivity index (χ4n) is 3.67. The van der Waals surface area contributed by atoms with Crippen molar-refractivity contribution in [2.24, 2.45) is 0 Å². The predicted molar refractivity (Wildman–Crippen MR) is 133 cm³/mol. The van der Waals surface area contributed by atoms with Gasteiger partial charge in [-0.05, 0) is 72.4 Å². The third-order valence-electron chi connectivity index (χ3n) is 5.25. The number of aryl methyl sites for hydroxylation is 3. The summed E-state index contributed by atoms with van der Waals surface area (Å²) >= 11 is 11.1. The first-order chi connectivity index (χ1) is 16.5. The molecule has 2 aromatic carbocycles. The van der Waals surface area contributed by atoms with Crippen molar-refractivity contribution in [1.29, 1.82) is 0 Å². The van der Waals surface area contributed by atoms with Crippen molar-refractivity contribution in [2.75, 3.05) is 11.8 Å². The molecule has 0 spiro atoms. The smallest absolute Gasteiger partial charge is 0.321 e. The molecule has 2 atom stereocenters. The molecular formula is C26H27Cl2FO6. The van der Waals surface area contributed by atoms with E-state index in [0.29, 0.717) is 11.1 Å². The second-order valence-corrected chi connectivity index (χ2v) is 8.59. The molecule has 0 unspecified atom stereocenters. The summed E-state index contributed by atoms with van der Waals surface area (Å²) in [5, 5.41) is 9.18. The van der Waals surface area contributed by atoms with E-state index in [9.17, 15) is 23.9 Å². The highest BCUT2D eigenvalue weighted by Gasteiger charge is 2.24. The maximum Gasteiger partial charge on any atom is 0.321 e. The summed E-state index contributed by atoms with van der Waals surface area (Å²) in [7, 11) is 0. The van der Waals surface area contributed by atoms with Crippen molar-refractivity contribution >= 4 is 47.2 Å². The fraction of sp³-hybridized carbons (Fsp3) is 0.346. The number of carboxylic acid groups (broad SMARTS) is 1. The first-order valence-electron chi connectivity index (χ1n) is 10.8. The van der Waals surface area contributed by atoms with E-state index in [1.165, 1.54) is 0 Å². The summed E-state index contributed by atoms with van der Waals surface area (Å²) in [6.45, 7) is 5.30. The zero-order chi connectivity index (χ0) is 26.1. The summed E-state index contributed by atoms with van der Waals surface area (Å²) in [5.41, 5.74) is 4.41. The highest BCUT2D eigenvalue weighted by molar-refractivity contribution is 6.26. The number of esters is 2. The summed E-state index contributed by atoms with van der Waals surface area (Å²) in [6.07, 6.45) is 0.724. The van der Waals surface area contributed by atoms with Crippen LogP contribution in [-0.2, 0) is 23.9 Å². The normalized spacial score (nSPS) is 12.9. The number of carbonyl (C=O) groups excluding carboxylic acids is 2. The van der Waals surface area contributed by atoms with E-state index in [-0.39, 0.29) is 12.2 Å². The number of carboxylic acids is 1. The van der Waals surface area contributed by atoms with Gasteiger partial charge in [-0.1, -0.05) is 24.3 Å². The quantitative estimate of drug-likeness (QED) is 0.304. The van der Waals surface area contributed by atoms with Crippen LogP contribution in [-0.4, -0.2) is 47.0 Å². The largest absolute Gasteiger partial charge is 0.481 e. The highest BCUT2D eigenvalue weighted by Crippen LogP contribution is 2.30. The Balaban J connectivity index is 2.45. The van der Waals surface area contributed by atoms with E-state index < -0.39 is 48.3 Å². The van der Waals surface area contributed by atoms with Crippen molar-refractivity contribution in [1.82, 2.24) is 0 Å². The molecule has 0 radical (unpaired) electrons. The van der Waals surface area contributed by atoms with Gasteiger partial charge in [-0.2, -0.15) is 0 Å². The number of benzene rings is 2. The molecule has 1 N–H and O–H groups in total. The van der Waals surface area contributed by atoms with Crippen molar-refractivity contribution in [2.45, 2.75) is 45.8 Å². The molecule has 0 amide bonds. The number of ether oxygens (including phenoxy) is 2. The molecule has 0 aliphatic heterocycles. The van der Waals surface area contributed by atoms with Gasteiger partial charge in [0.2, 0.25) is 0 Å². The Morgan fingerprint density at radius 1 is 1.00 bits per heavy atom. The van der Waals surface area contributed by atoms with Crippen LogP contribution >= 0.6 is 23.2 Å². The maximum atomic E-state index is 14.2. The molecular weight excluding hydrogens is 498 g/mol. The molecule has 0 aliphatic carbocycles. The van der Waals surface area contributed by atoms with E-state index in [1.807, 2.05) is 25.1 Å². The number of alkyl halides is 2. The SMILES string of the molecule is Cc1cc(-c2cccc(C)c2/C=C/[C@H](C[C@H](CC(=O)O)OC(=O)CCl)OC(=O)CCl)cc(C)c1F. The Morgan fingerprint density at radius 2 is 1.60 bits per heavy atom. The van der Waals surface area contributed by atoms with Crippen LogP contribution in [0.15, 0.2) is 36.4 Å². The van der Waals surface area contributed by atoms with E-state index in [2.05, 4.69) is 0 Å². The third-order valence-corrected chi connectivity index (χ3v) is 5.68. The summed E-state index contributed by atoms with van der Waals surface area (Å²) in [6, 6.07) is 9.20. The van der Waals surface area contributed by atoms with Crippen molar-refractivity contribution in [3.8, 4) is 11.1 Å². The average molecular weight is 525 g/mol. The molecule has 0 saturated carbocycles. The molecule has 0 heterocycles. The van der Waals surface area contributed by atoms with E-state index >= 15 is 0 Å². The summed E-state index contributed by atoms with van der Waals surface area (Å²) < 4.78 is 24.7. The zero-order valence-electron chi connectivity index (χ0n) is 19.6.